The molecule has 0 unspecified atom stereocenters. The number of halogens is 4. The fraction of sp³-hybridized carbons (Fsp3) is 0.192. The Hall–Kier alpha value is -3.89. The van der Waals surface area contributed by atoms with Gasteiger partial charge in [0.25, 0.3) is 5.91 Å². The largest absolute Gasteiger partial charge is 0.465 e. The van der Waals surface area contributed by atoms with Gasteiger partial charge in [0, 0.05) is 5.02 Å². The van der Waals surface area contributed by atoms with Crippen molar-refractivity contribution in [3.8, 4) is 0 Å². The zero-order valence-electron chi connectivity index (χ0n) is 19.1. The van der Waals surface area contributed by atoms with E-state index in [4.69, 9.17) is 21.2 Å². The lowest BCUT2D eigenvalue weighted by molar-refractivity contribution is -0.137. The Morgan fingerprint density at radius 3 is 2.24 bits per heavy atom. The summed E-state index contributed by atoms with van der Waals surface area (Å²) in [6.45, 7) is 0. The lowest BCUT2D eigenvalue weighted by atomic mass is 9.90. The van der Waals surface area contributed by atoms with Crippen LogP contribution in [0.15, 0.2) is 72.8 Å². The Morgan fingerprint density at radius 2 is 1.62 bits per heavy atom. The third-order valence-corrected chi connectivity index (χ3v) is 6.55. The molecule has 2 heterocycles. The number of nitrogens with zero attached hydrogens (tertiary/aromatic N) is 2. The lowest BCUT2D eigenvalue weighted by Gasteiger charge is -2.29. The molecule has 2 saturated heterocycles. The van der Waals surface area contributed by atoms with E-state index in [2.05, 4.69) is 0 Å². The van der Waals surface area contributed by atoms with Crippen LogP contribution in [0.3, 0.4) is 0 Å². The Kier molecular flexibility index (Phi) is 6.17. The van der Waals surface area contributed by atoms with Gasteiger partial charge in [0.2, 0.25) is 5.91 Å². The van der Waals surface area contributed by atoms with E-state index in [0.29, 0.717) is 16.3 Å². The summed E-state index contributed by atoms with van der Waals surface area (Å²) in [6.07, 6.45) is -5.92. The summed E-state index contributed by atoms with van der Waals surface area (Å²) in [5.41, 5.74) is 0.148. The van der Waals surface area contributed by atoms with E-state index >= 15 is 0 Å². The number of fused-ring (bicyclic) bond motifs is 1. The number of hydroxylamine groups is 1. The van der Waals surface area contributed by atoms with Crippen molar-refractivity contribution in [2.24, 2.45) is 5.92 Å². The van der Waals surface area contributed by atoms with Crippen molar-refractivity contribution >= 4 is 40.8 Å². The number of esters is 1. The number of imide groups is 1. The van der Waals surface area contributed by atoms with Crippen molar-refractivity contribution in [2.75, 3.05) is 17.1 Å². The summed E-state index contributed by atoms with van der Waals surface area (Å²) in [4.78, 5) is 45.5. The quantitative estimate of drug-likeness (QED) is 0.341. The van der Waals surface area contributed by atoms with Crippen molar-refractivity contribution in [2.45, 2.75) is 18.3 Å². The van der Waals surface area contributed by atoms with Gasteiger partial charge in [-0.05, 0) is 60.2 Å². The first kappa shape index (κ1) is 24.8. The van der Waals surface area contributed by atoms with Crippen LogP contribution in [0.5, 0.6) is 0 Å². The fourth-order valence-corrected chi connectivity index (χ4v) is 4.70. The summed E-state index contributed by atoms with van der Waals surface area (Å²) in [6, 6.07) is 16.0. The molecule has 5 rings (SSSR count). The van der Waals surface area contributed by atoms with Crippen LogP contribution in [0.1, 0.15) is 27.5 Å². The third-order valence-electron chi connectivity index (χ3n) is 6.30. The van der Waals surface area contributed by atoms with Crippen LogP contribution in [-0.4, -0.2) is 31.0 Å². The van der Waals surface area contributed by atoms with Crippen molar-refractivity contribution in [1.29, 1.82) is 0 Å². The summed E-state index contributed by atoms with van der Waals surface area (Å²) in [5.74, 6) is -3.10. The molecule has 0 spiro atoms. The molecule has 11 heteroatoms. The number of anilines is 2. The molecule has 0 N–H and O–H groups in total. The Labute approximate surface area is 213 Å². The highest BCUT2D eigenvalue weighted by molar-refractivity contribution is 6.30. The van der Waals surface area contributed by atoms with Crippen LogP contribution in [0.4, 0.5) is 24.5 Å². The standard InChI is InChI=1S/C26H18ClF3N2O5/c1-36-25(35)15-7-5-14(6-8-15)21-20-22(37-32(21)18-11-9-17(27)10-12-18)24(34)31(23(20)33)19-4-2-3-16(13-19)26(28,29)30/h2-13,20-22H,1H3/t20-,21+,22+/m0/s1. The average molecular weight is 531 g/mol. The van der Waals surface area contributed by atoms with Crippen molar-refractivity contribution in [1.82, 2.24) is 0 Å². The van der Waals surface area contributed by atoms with E-state index in [0.717, 1.165) is 23.1 Å². The van der Waals surface area contributed by atoms with Gasteiger partial charge in [0.15, 0.2) is 6.10 Å². The highest BCUT2D eigenvalue weighted by atomic mass is 35.5. The molecular weight excluding hydrogens is 513 g/mol. The topological polar surface area (TPSA) is 76.2 Å². The van der Waals surface area contributed by atoms with Gasteiger partial charge in [0.05, 0.1) is 35.7 Å². The first-order valence-corrected chi connectivity index (χ1v) is 11.4. The van der Waals surface area contributed by atoms with Gasteiger partial charge in [0.1, 0.15) is 5.92 Å². The second-order valence-corrected chi connectivity index (χ2v) is 8.91. The number of carbonyl (C=O) groups excluding carboxylic acids is 3. The molecule has 37 heavy (non-hydrogen) atoms. The second kappa shape index (κ2) is 9.20. The van der Waals surface area contributed by atoms with Crippen molar-refractivity contribution < 1.29 is 37.1 Å². The number of hydrogen-bond donors (Lipinski definition) is 0. The van der Waals surface area contributed by atoms with E-state index in [9.17, 15) is 27.6 Å². The number of carbonyl (C=O) groups is 3. The van der Waals surface area contributed by atoms with E-state index in [1.807, 2.05) is 0 Å². The fourth-order valence-electron chi connectivity index (χ4n) is 4.58. The molecule has 0 bridgehead atoms. The Bertz CT molecular complexity index is 1380. The van der Waals surface area contributed by atoms with Crippen LogP contribution >= 0.6 is 11.6 Å². The maximum absolute atomic E-state index is 13.6. The predicted molar refractivity (Wildman–Crippen MR) is 127 cm³/mol. The molecule has 3 aromatic carbocycles. The minimum Gasteiger partial charge on any atom is -0.465 e. The zero-order valence-corrected chi connectivity index (χ0v) is 19.9. The number of benzene rings is 3. The maximum Gasteiger partial charge on any atom is 0.416 e. The summed E-state index contributed by atoms with van der Waals surface area (Å²) in [5, 5.41) is 1.88. The molecule has 2 aliphatic heterocycles. The average Bonchev–Trinajstić information content (AvgIpc) is 3.39. The minimum atomic E-state index is -4.65. The predicted octanol–water partition coefficient (Wildman–Crippen LogP) is 5.20. The molecule has 3 atom stereocenters. The first-order chi connectivity index (χ1) is 17.6. The van der Waals surface area contributed by atoms with Gasteiger partial charge in [-0.25, -0.2) is 14.8 Å². The molecule has 0 saturated carbocycles. The van der Waals surface area contributed by atoms with E-state index in [1.54, 1.807) is 36.4 Å². The number of methoxy groups -OCH3 is 1. The number of hydrogen-bond acceptors (Lipinski definition) is 6. The van der Waals surface area contributed by atoms with Crippen LogP contribution in [0.25, 0.3) is 0 Å². The molecule has 0 aliphatic carbocycles. The van der Waals surface area contributed by atoms with Gasteiger partial charge in [-0.1, -0.05) is 29.8 Å². The molecule has 2 aliphatic rings. The Balaban J connectivity index is 1.56. The maximum atomic E-state index is 13.6. The zero-order chi connectivity index (χ0) is 26.5. The summed E-state index contributed by atoms with van der Waals surface area (Å²) >= 11 is 6.01. The van der Waals surface area contributed by atoms with Gasteiger partial charge < -0.3 is 4.74 Å². The molecule has 3 aromatic rings. The Morgan fingerprint density at radius 1 is 0.946 bits per heavy atom. The van der Waals surface area contributed by atoms with E-state index < -0.39 is 47.6 Å². The SMILES string of the molecule is COC(=O)c1ccc([C@@H]2[C@@H]3C(=O)N(c4cccc(C(F)(F)F)c4)C(=O)[C@@H]3ON2c2ccc(Cl)cc2)cc1. The molecule has 2 fully saturated rings. The number of ether oxygens (including phenoxy) is 1. The van der Waals surface area contributed by atoms with Crippen molar-refractivity contribution in [3.63, 3.8) is 0 Å². The molecule has 0 radical (unpaired) electrons. The van der Waals surface area contributed by atoms with Crippen LogP contribution in [0, 0.1) is 5.92 Å². The molecular formula is C26H18ClF3N2O5. The molecule has 0 aromatic heterocycles. The normalized spacial score (nSPS) is 21.4. The van der Waals surface area contributed by atoms with Gasteiger partial charge >= 0.3 is 12.1 Å². The highest BCUT2D eigenvalue weighted by Gasteiger charge is 2.60. The van der Waals surface area contributed by atoms with Gasteiger partial charge in [-0.2, -0.15) is 13.2 Å². The number of alkyl halides is 3. The van der Waals surface area contributed by atoms with E-state index in [-0.39, 0.29) is 11.3 Å². The smallest absolute Gasteiger partial charge is 0.416 e. The lowest BCUT2D eigenvalue weighted by Crippen LogP contribution is -2.37. The van der Waals surface area contributed by atoms with E-state index in [1.165, 1.54) is 30.4 Å². The van der Waals surface area contributed by atoms with Crippen LogP contribution in [-0.2, 0) is 25.3 Å². The summed E-state index contributed by atoms with van der Waals surface area (Å²) in [7, 11) is 1.25. The van der Waals surface area contributed by atoms with Gasteiger partial charge in [-0.3, -0.25) is 14.4 Å². The van der Waals surface area contributed by atoms with Gasteiger partial charge in [-0.15, -0.1) is 0 Å². The molecule has 190 valence electrons. The third kappa shape index (κ3) is 4.32. The number of rotatable bonds is 4. The highest BCUT2D eigenvalue weighted by Crippen LogP contribution is 2.48. The minimum absolute atomic E-state index is 0.194. The van der Waals surface area contributed by atoms with Crippen molar-refractivity contribution in [3.05, 3.63) is 94.5 Å². The van der Waals surface area contributed by atoms with Crippen LogP contribution in [0.2, 0.25) is 5.02 Å². The molecule has 2 amide bonds. The number of amides is 2. The summed E-state index contributed by atoms with van der Waals surface area (Å²) < 4.78 is 44.6. The van der Waals surface area contributed by atoms with Crippen LogP contribution < -0.4 is 9.96 Å². The molecule has 7 nitrogen and oxygen atoms in total. The monoisotopic (exact) mass is 530 g/mol. The first-order valence-electron chi connectivity index (χ1n) is 11.0. The second-order valence-electron chi connectivity index (χ2n) is 8.47.